The predicted molar refractivity (Wildman–Crippen MR) is 59.9 cm³/mol. The van der Waals surface area contributed by atoms with Gasteiger partial charge in [-0.2, -0.15) is 0 Å². The zero-order valence-corrected chi connectivity index (χ0v) is 10.00. The monoisotopic (exact) mass is 257 g/mol. The van der Waals surface area contributed by atoms with E-state index in [1.54, 1.807) is 6.92 Å². The van der Waals surface area contributed by atoms with Gasteiger partial charge in [-0.15, -0.1) is 0 Å². The summed E-state index contributed by atoms with van der Waals surface area (Å²) in [6, 6.07) is 2.10. The van der Waals surface area contributed by atoms with Crippen LogP contribution in [0.1, 0.15) is 24.2 Å². The highest BCUT2D eigenvalue weighted by Gasteiger charge is 2.22. The fourth-order valence-electron chi connectivity index (χ4n) is 1.31. The highest BCUT2D eigenvalue weighted by Crippen LogP contribution is 2.11. The van der Waals surface area contributed by atoms with Crippen LogP contribution in [0, 0.1) is 11.6 Å². The van der Waals surface area contributed by atoms with Crippen molar-refractivity contribution in [2.45, 2.75) is 19.9 Å². The quantitative estimate of drug-likeness (QED) is 0.834. The van der Waals surface area contributed by atoms with Crippen LogP contribution in [0.25, 0.3) is 0 Å². The average molecular weight is 257 g/mol. The van der Waals surface area contributed by atoms with Gasteiger partial charge in [-0.1, -0.05) is 6.07 Å². The number of rotatable bonds is 4. The summed E-state index contributed by atoms with van der Waals surface area (Å²) < 4.78 is 31.2. The first-order valence-corrected chi connectivity index (χ1v) is 5.38. The molecule has 1 unspecified atom stereocenters. The van der Waals surface area contributed by atoms with Crippen molar-refractivity contribution < 1.29 is 23.1 Å². The van der Waals surface area contributed by atoms with Crippen molar-refractivity contribution >= 4 is 11.9 Å². The number of benzene rings is 1. The Morgan fingerprint density at radius 1 is 1.33 bits per heavy atom. The van der Waals surface area contributed by atoms with Gasteiger partial charge in [-0.25, -0.2) is 13.6 Å². The molecule has 0 aliphatic heterocycles. The molecule has 0 aliphatic rings. The molecule has 0 saturated carbocycles. The summed E-state index contributed by atoms with van der Waals surface area (Å²) in [5, 5.41) is 2.17. The lowest BCUT2D eigenvalue weighted by molar-refractivity contribution is -0.144. The molecule has 1 aromatic rings. The Balaban J connectivity index is 2.80. The number of nitrogens with one attached hydrogen (secondary N) is 1. The molecule has 1 amide bonds. The Bertz CT molecular complexity index is 442. The van der Waals surface area contributed by atoms with Crippen LogP contribution in [0.3, 0.4) is 0 Å². The van der Waals surface area contributed by atoms with E-state index in [0.717, 1.165) is 18.2 Å². The van der Waals surface area contributed by atoms with Crippen molar-refractivity contribution in [3.05, 3.63) is 35.4 Å². The van der Waals surface area contributed by atoms with Crippen molar-refractivity contribution in [2.24, 2.45) is 0 Å². The molecule has 0 aromatic heterocycles. The van der Waals surface area contributed by atoms with Crippen molar-refractivity contribution in [2.75, 3.05) is 6.61 Å². The second-order valence-electron chi connectivity index (χ2n) is 3.54. The van der Waals surface area contributed by atoms with Crippen LogP contribution in [0.15, 0.2) is 18.2 Å². The maximum Gasteiger partial charge on any atom is 0.328 e. The second-order valence-corrected chi connectivity index (χ2v) is 3.54. The van der Waals surface area contributed by atoms with E-state index in [0.29, 0.717) is 0 Å². The number of carbonyl (C=O) groups excluding carboxylic acids is 2. The average Bonchev–Trinajstić information content (AvgIpc) is 2.28. The summed E-state index contributed by atoms with van der Waals surface area (Å²) in [5.41, 5.74) is -0.714. The van der Waals surface area contributed by atoms with Gasteiger partial charge in [-0.3, -0.25) is 4.79 Å². The lowest BCUT2D eigenvalue weighted by Gasteiger charge is -2.13. The molecule has 0 fully saturated rings. The summed E-state index contributed by atoms with van der Waals surface area (Å²) in [6.45, 7) is 3.14. The fraction of sp³-hybridized carbons (Fsp3) is 0.333. The first-order chi connectivity index (χ1) is 8.47. The first-order valence-electron chi connectivity index (χ1n) is 5.38. The van der Waals surface area contributed by atoms with Gasteiger partial charge >= 0.3 is 5.97 Å². The van der Waals surface area contributed by atoms with E-state index < -0.39 is 35.1 Å². The van der Waals surface area contributed by atoms with E-state index in [1.165, 1.54) is 6.92 Å². The van der Waals surface area contributed by atoms with Gasteiger partial charge < -0.3 is 10.1 Å². The Morgan fingerprint density at radius 2 is 1.89 bits per heavy atom. The highest BCUT2D eigenvalue weighted by atomic mass is 19.1. The molecule has 1 aromatic carbocycles. The van der Waals surface area contributed by atoms with Gasteiger partial charge in [0, 0.05) is 0 Å². The molecular formula is C12H13F2NO3. The Morgan fingerprint density at radius 3 is 2.39 bits per heavy atom. The SMILES string of the molecule is CCOC(=O)C(C)NC(=O)c1c(F)cccc1F. The molecule has 18 heavy (non-hydrogen) atoms. The van der Waals surface area contributed by atoms with Crippen LogP contribution in [0.2, 0.25) is 0 Å². The molecule has 0 spiro atoms. The number of hydrogen-bond acceptors (Lipinski definition) is 3. The standard InChI is InChI=1S/C12H13F2NO3/c1-3-18-12(17)7(2)15-11(16)10-8(13)5-4-6-9(10)14/h4-7H,3H2,1-2H3,(H,15,16). The van der Waals surface area contributed by atoms with E-state index in [2.05, 4.69) is 10.1 Å². The predicted octanol–water partition coefficient (Wildman–Crippen LogP) is 1.65. The molecule has 0 radical (unpaired) electrons. The van der Waals surface area contributed by atoms with Crippen LogP contribution in [0.5, 0.6) is 0 Å². The third kappa shape index (κ3) is 3.26. The second kappa shape index (κ2) is 6.09. The van der Waals surface area contributed by atoms with Crippen molar-refractivity contribution in [1.29, 1.82) is 0 Å². The normalized spacial score (nSPS) is 11.8. The minimum Gasteiger partial charge on any atom is -0.464 e. The fourth-order valence-corrected chi connectivity index (χ4v) is 1.31. The van der Waals surface area contributed by atoms with Crippen LogP contribution in [-0.2, 0) is 9.53 Å². The number of hydrogen-bond donors (Lipinski definition) is 1. The Labute approximate surface area is 103 Å². The lowest BCUT2D eigenvalue weighted by Crippen LogP contribution is -2.40. The number of amides is 1. The number of ether oxygens (including phenoxy) is 1. The summed E-state index contributed by atoms with van der Waals surface area (Å²) in [6.07, 6.45) is 0. The molecule has 4 nitrogen and oxygen atoms in total. The highest BCUT2D eigenvalue weighted by molar-refractivity contribution is 5.97. The zero-order chi connectivity index (χ0) is 13.7. The molecule has 1 N–H and O–H groups in total. The molecule has 1 atom stereocenters. The molecule has 0 saturated heterocycles. The Hall–Kier alpha value is -1.98. The van der Waals surface area contributed by atoms with Crippen LogP contribution < -0.4 is 5.32 Å². The Kier molecular flexibility index (Phi) is 4.76. The van der Waals surface area contributed by atoms with Gasteiger partial charge in [0.2, 0.25) is 0 Å². The van der Waals surface area contributed by atoms with Crippen LogP contribution in [-0.4, -0.2) is 24.5 Å². The van der Waals surface area contributed by atoms with Crippen LogP contribution in [0.4, 0.5) is 8.78 Å². The van der Waals surface area contributed by atoms with Gasteiger partial charge in [0.1, 0.15) is 23.2 Å². The molecule has 0 heterocycles. The molecule has 1 rings (SSSR count). The van der Waals surface area contributed by atoms with Crippen molar-refractivity contribution in [3.8, 4) is 0 Å². The van der Waals surface area contributed by atoms with Crippen molar-refractivity contribution in [3.63, 3.8) is 0 Å². The third-order valence-corrected chi connectivity index (χ3v) is 2.18. The number of halogens is 2. The maximum absolute atomic E-state index is 13.3. The van der Waals surface area contributed by atoms with E-state index in [1.807, 2.05) is 0 Å². The molecule has 0 bridgehead atoms. The molecule has 98 valence electrons. The molecule has 6 heteroatoms. The van der Waals surface area contributed by atoms with Gasteiger partial charge in [0.05, 0.1) is 6.61 Å². The topological polar surface area (TPSA) is 55.4 Å². The van der Waals surface area contributed by atoms with E-state index in [9.17, 15) is 18.4 Å². The van der Waals surface area contributed by atoms with E-state index in [-0.39, 0.29) is 6.61 Å². The maximum atomic E-state index is 13.3. The third-order valence-electron chi connectivity index (χ3n) is 2.18. The minimum atomic E-state index is -0.994. The molecular weight excluding hydrogens is 244 g/mol. The van der Waals surface area contributed by atoms with E-state index >= 15 is 0 Å². The van der Waals surface area contributed by atoms with Crippen molar-refractivity contribution in [1.82, 2.24) is 5.32 Å². The lowest BCUT2D eigenvalue weighted by atomic mass is 10.1. The summed E-state index contributed by atoms with van der Waals surface area (Å²) in [7, 11) is 0. The minimum absolute atomic E-state index is 0.160. The molecule has 0 aliphatic carbocycles. The van der Waals surface area contributed by atoms with Crippen LogP contribution >= 0.6 is 0 Å². The number of esters is 1. The van der Waals surface area contributed by atoms with Gasteiger partial charge in [-0.05, 0) is 26.0 Å². The summed E-state index contributed by atoms with van der Waals surface area (Å²) in [5.74, 6) is -3.62. The first kappa shape index (κ1) is 14.1. The van der Waals surface area contributed by atoms with E-state index in [4.69, 9.17) is 0 Å². The van der Waals surface area contributed by atoms with Gasteiger partial charge in [0.15, 0.2) is 0 Å². The smallest absolute Gasteiger partial charge is 0.328 e. The number of carbonyl (C=O) groups is 2. The summed E-state index contributed by atoms with van der Waals surface area (Å²) >= 11 is 0. The van der Waals surface area contributed by atoms with Gasteiger partial charge in [0.25, 0.3) is 5.91 Å². The zero-order valence-electron chi connectivity index (χ0n) is 10.00. The largest absolute Gasteiger partial charge is 0.464 e. The summed E-state index contributed by atoms with van der Waals surface area (Å²) in [4.78, 5) is 22.9.